The normalized spacial score (nSPS) is 15.8. The van der Waals surface area contributed by atoms with Gasteiger partial charge in [-0.3, -0.25) is 4.79 Å². The second-order valence-electron chi connectivity index (χ2n) is 4.27. The summed E-state index contributed by atoms with van der Waals surface area (Å²) < 4.78 is 13.3. The SMILES string of the molecule is Cc1ccc(C(=O)C2=CCCCC2)cc1F. The molecule has 0 unspecified atom stereocenters. The monoisotopic (exact) mass is 218 g/mol. The van der Waals surface area contributed by atoms with Gasteiger partial charge in [-0.2, -0.15) is 0 Å². The van der Waals surface area contributed by atoms with Crippen molar-refractivity contribution in [2.45, 2.75) is 32.6 Å². The largest absolute Gasteiger partial charge is 0.289 e. The van der Waals surface area contributed by atoms with E-state index in [2.05, 4.69) is 0 Å². The van der Waals surface area contributed by atoms with Gasteiger partial charge >= 0.3 is 0 Å². The van der Waals surface area contributed by atoms with E-state index in [0.717, 1.165) is 31.3 Å². The minimum atomic E-state index is -0.303. The van der Waals surface area contributed by atoms with Crippen molar-refractivity contribution in [1.29, 1.82) is 0 Å². The fourth-order valence-corrected chi connectivity index (χ4v) is 1.96. The van der Waals surface area contributed by atoms with Crippen LogP contribution in [0.15, 0.2) is 29.8 Å². The number of hydrogen-bond acceptors (Lipinski definition) is 1. The summed E-state index contributed by atoms with van der Waals surface area (Å²) in [6, 6.07) is 4.70. The number of aryl methyl sites for hydroxylation is 1. The molecule has 0 saturated heterocycles. The topological polar surface area (TPSA) is 17.1 Å². The number of benzene rings is 1. The van der Waals surface area contributed by atoms with Crippen LogP contribution in [0.4, 0.5) is 4.39 Å². The summed E-state index contributed by atoms with van der Waals surface area (Å²) in [5, 5.41) is 0. The van der Waals surface area contributed by atoms with Crippen LogP contribution in [0, 0.1) is 12.7 Å². The third-order valence-corrected chi connectivity index (χ3v) is 3.02. The van der Waals surface area contributed by atoms with Crippen LogP contribution < -0.4 is 0 Å². The van der Waals surface area contributed by atoms with E-state index in [1.807, 2.05) is 6.08 Å². The average Bonchev–Trinajstić information content (AvgIpc) is 2.33. The molecule has 2 heteroatoms. The van der Waals surface area contributed by atoms with Gasteiger partial charge in [0.15, 0.2) is 5.78 Å². The second kappa shape index (κ2) is 4.60. The minimum absolute atomic E-state index is 0.0152. The molecule has 0 heterocycles. The Balaban J connectivity index is 2.26. The molecule has 0 fully saturated rings. The molecule has 1 aromatic rings. The molecule has 2 rings (SSSR count). The van der Waals surface area contributed by atoms with Gasteiger partial charge in [0.2, 0.25) is 0 Å². The summed E-state index contributed by atoms with van der Waals surface area (Å²) in [6.07, 6.45) is 6.00. The molecular weight excluding hydrogens is 203 g/mol. The van der Waals surface area contributed by atoms with Crippen LogP contribution >= 0.6 is 0 Å². The van der Waals surface area contributed by atoms with Crippen molar-refractivity contribution in [3.8, 4) is 0 Å². The van der Waals surface area contributed by atoms with Crippen LogP contribution in [0.25, 0.3) is 0 Å². The standard InChI is InChI=1S/C14H15FO/c1-10-7-8-12(9-13(10)15)14(16)11-5-3-2-4-6-11/h5,7-9H,2-4,6H2,1H3. The van der Waals surface area contributed by atoms with E-state index in [4.69, 9.17) is 0 Å². The van der Waals surface area contributed by atoms with Gasteiger partial charge in [-0.1, -0.05) is 18.2 Å². The van der Waals surface area contributed by atoms with E-state index in [9.17, 15) is 9.18 Å². The summed E-state index contributed by atoms with van der Waals surface area (Å²) in [7, 11) is 0. The van der Waals surface area contributed by atoms with E-state index in [1.165, 1.54) is 6.07 Å². The lowest BCUT2D eigenvalue weighted by Crippen LogP contribution is -2.07. The van der Waals surface area contributed by atoms with Crippen LogP contribution in [-0.4, -0.2) is 5.78 Å². The molecule has 84 valence electrons. The molecule has 0 aliphatic heterocycles. The van der Waals surface area contributed by atoms with E-state index >= 15 is 0 Å². The Hall–Kier alpha value is -1.44. The summed E-state index contributed by atoms with van der Waals surface area (Å²) in [5.74, 6) is -0.319. The second-order valence-corrected chi connectivity index (χ2v) is 4.27. The highest BCUT2D eigenvalue weighted by atomic mass is 19.1. The number of carbonyl (C=O) groups is 1. The van der Waals surface area contributed by atoms with Crippen molar-refractivity contribution in [3.63, 3.8) is 0 Å². The Morgan fingerprint density at radius 1 is 1.31 bits per heavy atom. The highest BCUT2D eigenvalue weighted by molar-refractivity contribution is 6.08. The Morgan fingerprint density at radius 2 is 2.12 bits per heavy atom. The van der Waals surface area contributed by atoms with E-state index < -0.39 is 0 Å². The molecule has 0 amide bonds. The lowest BCUT2D eigenvalue weighted by molar-refractivity contribution is 0.102. The zero-order chi connectivity index (χ0) is 11.5. The van der Waals surface area contributed by atoms with Crippen LogP contribution in [-0.2, 0) is 0 Å². The molecule has 0 saturated carbocycles. The molecule has 0 atom stereocenters. The maximum Gasteiger partial charge on any atom is 0.188 e. The molecule has 0 radical (unpaired) electrons. The van der Waals surface area contributed by atoms with Crippen molar-refractivity contribution in [2.24, 2.45) is 0 Å². The fraction of sp³-hybridized carbons (Fsp3) is 0.357. The van der Waals surface area contributed by atoms with Crippen LogP contribution in [0.2, 0.25) is 0 Å². The summed E-state index contributed by atoms with van der Waals surface area (Å²) in [4.78, 5) is 12.0. The van der Waals surface area contributed by atoms with Gasteiger partial charge in [0.25, 0.3) is 0 Å². The predicted molar refractivity (Wildman–Crippen MR) is 62.0 cm³/mol. The average molecular weight is 218 g/mol. The zero-order valence-electron chi connectivity index (χ0n) is 9.42. The molecule has 0 N–H and O–H groups in total. The molecule has 0 aromatic heterocycles. The smallest absolute Gasteiger partial charge is 0.188 e. The molecule has 1 aliphatic carbocycles. The number of halogens is 1. The maximum absolute atomic E-state index is 13.3. The van der Waals surface area contributed by atoms with E-state index in [-0.39, 0.29) is 11.6 Å². The number of hydrogen-bond donors (Lipinski definition) is 0. The molecular formula is C14H15FO. The molecule has 1 aliphatic rings. The lowest BCUT2D eigenvalue weighted by atomic mass is 9.93. The molecule has 16 heavy (non-hydrogen) atoms. The van der Waals surface area contributed by atoms with Crippen LogP contribution in [0.3, 0.4) is 0 Å². The Labute approximate surface area is 95.0 Å². The Morgan fingerprint density at radius 3 is 2.75 bits per heavy atom. The predicted octanol–water partition coefficient (Wildman–Crippen LogP) is 3.82. The summed E-state index contributed by atoms with van der Waals surface area (Å²) in [5.41, 5.74) is 1.89. The third-order valence-electron chi connectivity index (χ3n) is 3.02. The van der Waals surface area contributed by atoms with E-state index in [1.54, 1.807) is 19.1 Å². The van der Waals surface area contributed by atoms with Gasteiger partial charge in [0, 0.05) is 5.56 Å². The molecule has 0 bridgehead atoms. The summed E-state index contributed by atoms with van der Waals surface area (Å²) >= 11 is 0. The van der Waals surface area contributed by atoms with E-state index in [0.29, 0.717) is 11.1 Å². The van der Waals surface area contributed by atoms with Crippen molar-refractivity contribution in [3.05, 3.63) is 46.8 Å². The van der Waals surface area contributed by atoms with Crippen molar-refractivity contribution in [1.82, 2.24) is 0 Å². The van der Waals surface area contributed by atoms with Gasteiger partial charge in [-0.15, -0.1) is 0 Å². The molecule has 1 aromatic carbocycles. The molecule has 1 nitrogen and oxygen atoms in total. The van der Waals surface area contributed by atoms with Crippen LogP contribution in [0.1, 0.15) is 41.6 Å². The van der Waals surface area contributed by atoms with Gasteiger partial charge in [0.05, 0.1) is 0 Å². The number of rotatable bonds is 2. The first-order chi connectivity index (χ1) is 7.68. The highest BCUT2D eigenvalue weighted by Crippen LogP contribution is 2.22. The highest BCUT2D eigenvalue weighted by Gasteiger charge is 2.15. The number of ketones is 1. The Bertz CT molecular complexity index is 446. The van der Waals surface area contributed by atoms with Gasteiger partial charge < -0.3 is 0 Å². The third kappa shape index (κ3) is 2.21. The molecule has 0 spiro atoms. The first-order valence-corrected chi connectivity index (χ1v) is 5.68. The van der Waals surface area contributed by atoms with Crippen molar-refractivity contribution >= 4 is 5.78 Å². The van der Waals surface area contributed by atoms with Crippen LogP contribution in [0.5, 0.6) is 0 Å². The lowest BCUT2D eigenvalue weighted by Gasteiger charge is -2.11. The Kier molecular flexibility index (Phi) is 3.18. The number of carbonyl (C=O) groups excluding carboxylic acids is 1. The maximum atomic E-state index is 13.3. The number of Topliss-reactive ketones (excluding diaryl/α,β-unsaturated/α-hetero) is 1. The van der Waals surface area contributed by atoms with Crippen molar-refractivity contribution in [2.75, 3.05) is 0 Å². The van der Waals surface area contributed by atoms with Crippen molar-refractivity contribution < 1.29 is 9.18 Å². The fourth-order valence-electron chi connectivity index (χ4n) is 1.96. The van der Waals surface area contributed by atoms with Gasteiger partial charge in [-0.25, -0.2) is 4.39 Å². The number of allylic oxidation sites excluding steroid dienone is 2. The first kappa shape index (κ1) is 11.1. The zero-order valence-corrected chi connectivity index (χ0v) is 9.42. The van der Waals surface area contributed by atoms with Gasteiger partial charge in [0.1, 0.15) is 5.82 Å². The van der Waals surface area contributed by atoms with Gasteiger partial charge in [-0.05, 0) is 49.8 Å². The minimum Gasteiger partial charge on any atom is -0.289 e. The summed E-state index contributed by atoms with van der Waals surface area (Å²) in [6.45, 7) is 1.70. The quantitative estimate of drug-likeness (QED) is 0.690. The first-order valence-electron chi connectivity index (χ1n) is 5.68.